The summed E-state index contributed by atoms with van der Waals surface area (Å²) in [6, 6.07) is 3.63. The van der Waals surface area contributed by atoms with E-state index in [9.17, 15) is 13.2 Å². The van der Waals surface area contributed by atoms with Crippen LogP contribution in [0.5, 0.6) is 0 Å². The van der Waals surface area contributed by atoms with Crippen LogP contribution in [0.3, 0.4) is 0 Å². The van der Waals surface area contributed by atoms with E-state index in [1.165, 1.54) is 22.9 Å². The zero-order chi connectivity index (χ0) is 18.9. The summed E-state index contributed by atoms with van der Waals surface area (Å²) in [4.78, 5) is 22.3. The van der Waals surface area contributed by atoms with E-state index in [0.717, 1.165) is 16.7 Å². The maximum absolute atomic E-state index is 13.0. The Morgan fingerprint density at radius 1 is 0.962 bits per heavy atom. The quantitative estimate of drug-likeness (QED) is 0.814. The van der Waals surface area contributed by atoms with Crippen molar-refractivity contribution in [3.63, 3.8) is 0 Å². The average molecular weight is 374 g/mol. The van der Waals surface area contributed by atoms with Gasteiger partial charge in [0.05, 0.1) is 11.1 Å². The van der Waals surface area contributed by atoms with Crippen LogP contribution in [-0.4, -0.2) is 59.7 Å². The number of carbonyl (C=O) groups excluding carboxylic acids is 1. The second-order valence-electron chi connectivity index (χ2n) is 6.49. The smallest absolute Gasteiger partial charge is 0.274 e. The van der Waals surface area contributed by atoms with E-state index < -0.39 is 10.0 Å². The number of hydrogen-bond acceptors (Lipinski definition) is 5. The van der Waals surface area contributed by atoms with Crippen LogP contribution in [-0.2, 0) is 10.0 Å². The van der Waals surface area contributed by atoms with Crippen LogP contribution in [0.1, 0.15) is 27.2 Å². The largest absolute Gasteiger partial charge is 0.335 e. The van der Waals surface area contributed by atoms with Crippen LogP contribution in [0.25, 0.3) is 0 Å². The summed E-state index contributed by atoms with van der Waals surface area (Å²) in [6.45, 7) is 6.88. The molecule has 8 heteroatoms. The molecule has 0 bridgehead atoms. The molecule has 1 saturated heterocycles. The van der Waals surface area contributed by atoms with E-state index in [0.29, 0.717) is 18.0 Å². The minimum absolute atomic E-state index is 0.225. The predicted molar refractivity (Wildman–Crippen MR) is 97.3 cm³/mol. The molecule has 138 valence electrons. The lowest BCUT2D eigenvalue weighted by molar-refractivity contribution is 0.0691. The first-order valence-corrected chi connectivity index (χ1v) is 9.88. The number of hydrogen-bond donors (Lipinski definition) is 0. The lowest BCUT2D eigenvalue weighted by Gasteiger charge is -2.34. The number of nitrogens with zero attached hydrogens (tertiary/aromatic N) is 4. The first-order chi connectivity index (χ1) is 12.3. The van der Waals surface area contributed by atoms with Gasteiger partial charge in [0.2, 0.25) is 10.0 Å². The zero-order valence-corrected chi connectivity index (χ0v) is 16.0. The van der Waals surface area contributed by atoms with Crippen molar-refractivity contribution in [1.29, 1.82) is 0 Å². The Kier molecular flexibility index (Phi) is 5.06. The average Bonchev–Trinajstić information content (AvgIpc) is 2.65. The van der Waals surface area contributed by atoms with Crippen molar-refractivity contribution in [3.05, 3.63) is 53.1 Å². The van der Waals surface area contributed by atoms with Gasteiger partial charge in [-0.05, 0) is 43.5 Å². The van der Waals surface area contributed by atoms with Crippen molar-refractivity contribution in [2.45, 2.75) is 25.7 Å². The van der Waals surface area contributed by atoms with Crippen LogP contribution < -0.4 is 0 Å². The third-order valence-corrected chi connectivity index (χ3v) is 6.76. The minimum atomic E-state index is -3.58. The summed E-state index contributed by atoms with van der Waals surface area (Å²) in [5, 5.41) is 0. The standard InChI is InChI=1S/C18H22N4O3S/c1-13-10-15(3)17(11-14(13)2)26(24,25)22-8-6-21(7-9-22)18(23)16-12-19-4-5-20-16/h4-5,10-12H,6-9H2,1-3H3. The fourth-order valence-electron chi connectivity index (χ4n) is 3.05. The molecule has 1 amide bonds. The van der Waals surface area contributed by atoms with Crippen molar-refractivity contribution in [2.24, 2.45) is 0 Å². The van der Waals surface area contributed by atoms with Crippen LogP contribution in [0.4, 0.5) is 0 Å². The van der Waals surface area contributed by atoms with Gasteiger partial charge in [-0.3, -0.25) is 9.78 Å². The second-order valence-corrected chi connectivity index (χ2v) is 8.40. The number of rotatable bonds is 3. The van der Waals surface area contributed by atoms with Crippen LogP contribution in [0, 0.1) is 20.8 Å². The van der Waals surface area contributed by atoms with Gasteiger partial charge in [-0.15, -0.1) is 0 Å². The molecule has 0 aliphatic carbocycles. The summed E-state index contributed by atoms with van der Waals surface area (Å²) in [7, 11) is -3.58. The third kappa shape index (κ3) is 3.47. The number of aromatic nitrogens is 2. The summed E-state index contributed by atoms with van der Waals surface area (Å²) in [5.74, 6) is -0.225. The molecule has 0 N–H and O–H groups in total. The highest BCUT2D eigenvalue weighted by molar-refractivity contribution is 7.89. The Hall–Kier alpha value is -2.32. The molecule has 7 nitrogen and oxygen atoms in total. The molecule has 2 heterocycles. The maximum Gasteiger partial charge on any atom is 0.274 e. The van der Waals surface area contributed by atoms with Gasteiger partial charge < -0.3 is 4.90 Å². The summed E-state index contributed by atoms with van der Waals surface area (Å²) < 4.78 is 27.5. The molecule has 26 heavy (non-hydrogen) atoms. The number of carbonyl (C=O) groups is 1. The number of sulfonamides is 1. The van der Waals surface area contributed by atoms with Crippen LogP contribution in [0.15, 0.2) is 35.6 Å². The van der Waals surface area contributed by atoms with E-state index in [1.807, 2.05) is 26.8 Å². The molecule has 0 radical (unpaired) electrons. The molecule has 0 spiro atoms. The fourth-order valence-corrected chi connectivity index (χ4v) is 4.77. The van der Waals surface area contributed by atoms with E-state index in [2.05, 4.69) is 9.97 Å². The van der Waals surface area contributed by atoms with Crippen molar-refractivity contribution in [1.82, 2.24) is 19.2 Å². The van der Waals surface area contributed by atoms with Crippen molar-refractivity contribution in [3.8, 4) is 0 Å². The zero-order valence-electron chi connectivity index (χ0n) is 15.1. The van der Waals surface area contributed by atoms with Gasteiger partial charge in [-0.2, -0.15) is 4.31 Å². The van der Waals surface area contributed by atoms with Crippen LogP contribution in [0.2, 0.25) is 0 Å². The van der Waals surface area contributed by atoms with E-state index in [-0.39, 0.29) is 24.7 Å². The Balaban J connectivity index is 1.75. The molecule has 1 aromatic heterocycles. The molecule has 1 aliphatic heterocycles. The Bertz CT molecular complexity index is 921. The predicted octanol–water partition coefficient (Wildman–Crippen LogP) is 1.55. The second kappa shape index (κ2) is 7.13. The molecule has 0 unspecified atom stereocenters. The highest BCUT2D eigenvalue weighted by Gasteiger charge is 2.31. The number of benzene rings is 1. The summed E-state index contributed by atoms with van der Waals surface area (Å²) >= 11 is 0. The van der Waals surface area contributed by atoms with E-state index in [4.69, 9.17) is 0 Å². The van der Waals surface area contributed by atoms with E-state index in [1.54, 1.807) is 11.0 Å². The number of aryl methyl sites for hydroxylation is 3. The first-order valence-electron chi connectivity index (χ1n) is 8.44. The molecule has 0 atom stereocenters. The molecular formula is C18H22N4O3S. The van der Waals surface area contributed by atoms with Gasteiger partial charge in [0.15, 0.2) is 0 Å². The van der Waals surface area contributed by atoms with Gasteiger partial charge in [0.25, 0.3) is 5.91 Å². The topological polar surface area (TPSA) is 83.5 Å². The van der Waals surface area contributed by atoms with E-state index >= 15 is 0 Å². The molecule has 2 aromatic rings. The maximum atomic E-state index is 13.0. The Morgan fingerprint density at radius 2 is 1.62 bits per heavy atom. The monoisotopic (exact) mass is 374 g/mol. The van der Waals surface area contributed by atoms with Gasteiger partial charge in [0, 0.05) is 38.6 Å². The number of amides is 1. The molecule has 1 fully saturated rings. The fraction of sp³-hybridized carbons (Fsp3) is 0.389. The molecule has 1 aliphatic rings. The summed E-state index contributed by atoms with van der Waals surface area (Å²) in [5.41, 5.74) is 3.03. The third-order valence-electron chi connectivity index (χ3n) is 4.72. The molecule has 0 saturated carbocycles. The molecular weight excluding hydrogens is 352 g/mol. The Morgan fingerprint density at radius 3 is 2.23 bits per heavy atom. The van der Waals surface area contributed by atoms with Gasteiger partial charge in [0.1, 0.15) is 5.69 Å². The van der Waals surface area contributed by atoms with Crippen molar-refractivity contribution in [2.75, 3.05) is 26.2 Å². The van der Waals surface area contributed by atoms with Gasteiger partial charge in [-0.1, -0.05) is 6.07 Å². The molecule has 3 rings (SSSR count). The first kappa shape index (κ1) is 18.5. The van der Waals surface area contributed by atoms with Gasteiger partial charge >= 0.3 is 0 Å². The molecule has 1 aromatic carbocycles. The summed E-state index contributed by atoms with van der Waals surface area (Å²) in [6.07, 6.45) is 4.40. The minimum Gasteiger partial charge on any atom is -0.335 e. The van der Waals surface area contributed by atoms with Crippen LogP contribution >= 0.6 is 0 Å². The Labute approximate surface area is 153 Å². The SMILES string of the molecule is Cc1cc(C)c(S(=O)(=O)N2CCN(C(=O)c3cnccn3)CC2)cc1C. The van der Waals surface area contributed by atoms with Crippen molar-refractivity contribution < 1.29 is 13.2 Å². The highest BCUT2D eigenvalue weighted by atomic mass is 32.2. The lowest BCUT2D eigenvalue weighted by atomic mass is 10.1. The lowest BCUT2D eigenvalue weighted by Crippen LogP contribution is -2.50. The van der Waals surface area contributed by atoms with Crippen molar-refractivity contribution >= 4 is 15.9 Å². The highest BCUT2D eigenvalue weighted by Crippen LogP contribution is 2.24. The normalized spacial score (nSPS) is 15.9. The number of piperazine rings is 1. The van der Waals surface area contributed by atoms with Gasteiger partial charge in [-0.25, -0.2) is 13.4 Å².